The van der Waals surface area contributed by atoms with Crippen molar-refractivity contribution in [3.8, 4) is 0 Å². The van der Waals surface area contributed by atoms with E-state index in [1.165, 1.54) is 5.57 Å². The molecule has 3 atom stereocenters. The van der Waals surface area contributed by atoms with Crippen LogP contribution in [0.1, 0.15) is 6.42 Å². The largest absolute Gasteiger partial charge is 0.300 e. The summed E-state index contributed by atoms with van der Waals surface area (Å²) in [6.07, 6.45) is 6.81. The Morgan fingerprint density at radius 2 is 2.15 bits per heavy atom. The first-order chi connectivity index (χ1) is 9.77. The van der Waals surface area contributed by atoms with Crippen LogP contribution in [0.2, 0.25) is 0 Å². The molecule has 100 valence electrons. The van der Waals surface area contributed by atoms with Crippen molar-refractivity contribution >= 4 is 23.0 Å². The van der Waals surface area contributed by atoms with Gasteiger partial charge in [0, 0.05) is 16.7 Å². The van der Waals surface area contributed by atoms with Crippen LogP contribution in [-0.2, 0) is 4.79 Å². The maximum absolute atomic E-state index is 12.4. The molecule has 0 saturated heterocycles. The predicted molar refractivity (Wildman–Crippen MR) is 77.5 cm³/mol. The third kappa shape index (κ3) is 1.53. The Morgan fingerprint density at radius 1 is 1.30 bits per heavy atom. The van der Waals surface area contributed by atoms with Gasteiger partial charge in [-0.05, 0) is 18.1 Å². The van der Waals surface area contributed by atoms with E-state index in [-0.39, 0.29) is 17.7 Å². The van der Waals surface area contributed by atoms with E-state index in [9.17, 15) is 4.79 Å². The molecule has 1 aromatic carbocycles. The maximum atomic E-state index is 12.4. The van der Waals surface area contributed by atoms with E-state index in [0.717, 1.165) is 22.6 Å². The van der Waals surface area contributed by atoms with Crippen molar-refractivity contribution in [2.45, 2.75) is 17.8 Å². The Kier molecular flexibility index (Phi) is 2.57. The Hall–Kier alpha value is -1.87. The molecule has 3 unspecified atom stereocenters. The quantitative estimate of drug-likeness (QED) is 0.723. The molecule has 4 heteroatoms. The summed E-state index contributed by atoms with van der Waals surface area (Å²) in [5, 5.41) is 5.80. The predicted octanol–water partition coefficient (Wildman–Crippen LogP) is 1.04. The molecule has 0 aromatic heterocycles. The van der Waals surface area contributed by atoms with Gasteiger partial charge in [0.2, 0.25) is 0 Å². The summed E-state index contributed by atoms with van der Waals surface area (Å²) >= 11 is 6.37. The highest BCUT2D eigenvalue weighted by atomic mass is 35.5. The number of para-hydroxylation sites is 1. The molecular formula is C16H13ClN2O. The lowest BCUT2D eigenvalue weighted by Crippen LogP contribution is -2.55. The summed E-state index contributed by atoms with van der Waals surface area (Å²) < 4.78 is 0. The Balaban J connectivity index is 2.04. The number of halogens is 1. The third-order valence-corrected chi connectivity index (χ3v) is 4.69. The number of alkyl halides is 1. The minimum atomic E-state index is -0.587. The molecule has 1 N–H and O–H groups in total. The number of rotatable bonds is 0. The molecule has 4 rings (SSSR count). The maximum Gasteiger partial charge on any atom is 0.179 e. The molecule has 1 heterocycles. The fraction of sp³-hybridized carbons (Fsp3) is 0.250. The van der Waals surface area contributed by atoms with Crippen LogP contribution in [0.4, 0.5) is 0 Å². The molecule has 20 heavy (non-hydrogen) atoms. The van der Waals surface area contributed by atoms with Crippen molar-refractivity contribution in [1.82, 2.24) is 5.43 Å². The summed E-state index contributed by atoms with van der Waals surface area (Å²) in [7, 11) is 0. The molecule has 3 nitrogen and oxygen atoms in total. The van der Waals surface area contributed by atoms with Crippen molar-refractivity contribution in [2.75, 3.05) is 0 Å². The second-order valence-electron chi connectivity index (χ2n) is 5.30. The topological polar surface area (TPSA) is 41.5 Å². The van der Waals surface area contributed by atoms with Crippen LogP contribution in [0.25, 0.3) is 5.57 Å². The first kappa shape index (κ1) is 11.9. The molecule has 1 saturated carbocycles. The van der Waals surface area contributed by atoms with Gasteiger partial charge in [0.05, 0.1) is 11.4 Å². The number of allylic oxidation sites excluding steroid dienone is 4. The summed E-state index contributed by atoms with van der Waals surface area (Å²) in [6, 6.07) is 7.82. The average molecular weight is 285 g/mol. The lowest BCUT2D eigenvalue weighted by Gasteiger charge is -2.38. The van der Waals surface area contributed by atoms with E-state index in [2.05, 4.69) is 22.7 Å². The smallest absolute Gasteiger partial charge is 0.179 e. The molecular weight excluding hydrogens is 272 g/mol. The van der Waals surface area contributed by atoms with Gasteiger partial charge >= 0.3 is 0 Å². The molecule has 2 aliphatic carbocycles. The zero-order valence-corrected chi connectivity index (χ0v) is 11.5. The fourth-order valence-corrected chi connectivity index (χ4v) is 3.63. The van der Waals surface area contributed by atoms with Crippen molar-refractivity contribution in [3.63, 3.8) is 0 Å². The van der Waals surface area contributed by atoms with Crippen molar-refractivity contribution in [3.05, 3.63) is 58.6 Å². The molecule has 0 amide bonds. The van der Waals surface area contributed by atoms with Gasteiger partial charge in [0.15, 0.2) is 5.78 Å². The normalized spacial score (nSPS) is 30.4. The number of ketones is 1. The Labute approximate surface area is 121 Å². The lowest BCUT2D eigenvalue weighted by atomic mass is 9.72. The molecule has 3 aliphatic rings. The summed E-state index contributed by atoms with van der Waals surface area (Å²) in [4.78, 5) is 12.4. The standard InChI is InChI=1S/C16H13ClN2O/c17-14-15-13(9-5-1-2-6-10(9)16(14)20)11-7-3-4-8-12(11)18-19-15/h1-4,6-9,14-15,19H,5H2. The van der Waals surface area contributed by atoms with Gasteiger partial charge in [-0.15, -0.1) is 11.6 Å². The molecule has 1 aliphatic heterocycles. The van der Waals surface area contributed by atoms with Gasteiger partial charge in [-0.3, -0.25) is 4.79 Å². The van der Waals surface area contributed by atoms with Gasteiger partial charge in [-0.2, -0.15) is 5.10 Å². The van der Waals surface area contributed by atoms with E-state index in [1.807, 2.05) is 30.4 Å². The van der Waals surface area contributed by atoms with Crippen LogP contribution in [0, 0.1) is 5.92 Å². The lowest BCUT2D eigenvalue weighted by molar-refractivity contribution is -0.116. The number of benzene rings is 1. The van der Waals surface area contributed by atoms with E-state index >= 15 is 0 Å². The summed E-state index contributed by atoms with van der Waals surface area (Å²) in [5.41, 5.74) is 5.10. The molecule has 1 fully saturated rings. The van der Waals surface area contributed by atoms with Gasteiger partial charge in [-0.25, -0.2) is 0 Å². The zero-order valence-electron chi connectivity index (χ0n) is 10.7. The first-order valence-corrected chi connectivity index (χ1v) is 7.18. The van der Waals surface area contributed by atoms with E-state index in [4.69, 9.17) is 11.6 Å². The molecule has 1 aromatic rings. The number of hydrogen-bond donors (Lipinski definition) is 1. The van der Waals surface area contributed by atoms with Crippen molar-refractivity contribution in [2.24, 2.45) is 11.0 Å². The zero-order chi connectivity index (χ0) is 13.7. The monoisotopic (exact) mass is 284 g/mol. The minimum absolute atomic E-state index is 0.0249. The number of Topliss-reactive ketones (excluding diaryl/α,β-unsaturated/α-hetero) is 1. The summed E-state index contributed by atoms with van der Waals surface area (Å²) in [6.45, 7) is 0. The second kappa shape index (κ2) is 4.32. The summed E-state index contributed by atoms with van der Waals surface area (Å²) in [5.74, 6) is 0.147. The fourth-order valence-electron chi connectivity index (χ4n) is 3.31. The highest BCUT2D eigenvalue weighted by Crippen LogP contribution is 2.39. The SMILES string of the molecule is O=C1C2=CC=CCC2C2=c3ccccc3=NNC2C1Cl. The van der Waals surface area contributed by atoms with Crippen LogP contribution in [0.5, 0.6) is 0 Å². The van der Waals surface area contributed by atoms with Crippen molar-refractivity contribution < 1.29 is 4.79 Å². The first-order valence-electron chi connectivity index (χ1n) is 6.75. The number of hydrogen-bond acceptors (Lipinski definition) is 3. The van der Waals surface area contributed by atoms with E-state index in [1.54, 1.807) is 0 Å². The highest BCUT2D eigenvalue weighted by molar-refractivity contribution is 6.36. The van der Waals surface area contributed by atoms with Crippen LogP contribution in [-0.4, -0.2) is 17.2 Å². The molecule has 0 bridgehead atoms. The second-order valence-corrected chi connectivity index (χ2v) is 5.77. The van der Waals surface area contributed by atoms with Gasteiger partial charge < -0.3 is 5.43 Å². The number of carbonyl (C=O) groups excluding carboxylic acids is 1. The van der Waals surface area contributed by atoms with E-state index in [0.29, 0.717) is 0 Å². The minimum Gasteiger partial charge on any atom is -0.300 e. The Bertz CT molecular complexity index is 778. The van der Waals surface area contributed by atoms with Crippen LogP contribution < -0.4 is 16.0 Å². The van der Waals surface area contributed by atoms with E-state index < -0.39 is 5.38 Å². The number of carbonyl (C=O) groups is 1. The van der Waals surface area contributed by atoms with Gasteiger partial charge in [-0.1, -0.05) is 36.4 Å². The molecule has 0 radical (unpaired) electrons. The number of nitrogens with one attached hydrogen (secondary N) is 1. The van der Waals surface area contributed by atoms with Crippen LogP contribution in [0.3, 0.4) is 0 Å². The van der Waals surface area contributed by atoms with Gasteiger partial charge in [0.25, 0.3) is 0 Å². The average Bonchev–Trinajstić information content (AvgIpc) is 2.51. The van der Waals surface area contributed by atoms with Gasteiger partial charge in [0.1, 0.15) is 5.38 Å². The highest BCUT2D eigenvalue weighted by Gasteiger charge is 2.44. The number of fused-ring (bicyclic) bond motifs is 4. The Morgan fingerprint density at radius 3 is 3.05 bits per heavy atom. The van der Waals surface area contributed by atoms with Crippen LogP contribution in [0.15, 0.2) is 53.2 Å². The van der Waals surface area contributed by atoms with Crippen molar-refractivity contribution in [1.29, 1.82) is 0 Å². The van der Waals surface area contributed by atoms with Crippen LogP contribution >= 0.6 is 11.6 Å². The number of nitrogens with zero attached hydrogens (tertiary/aromatic N) is 1. The molecule has 0 spiro atoms. The third-order valence-electron chi connectivity index (χ3n) is 4.24.